The van der Waals surface area contributed by atoms with E-state index in [1.165, 1.54) is 48.2 Å². The largest absolute Gasteiger partial charge is 0.321 e. The Morgan fingerprint density at radius 3 is 2.73 bits per heavy atom. The summed E-state index contributed by atoms with van der Waals surface area (Å²) in [4.78, 5) is 29.5. The average Bonchev–Trinajstić information content (AvgIpc) is 3.06. The number of hydrogen-bond donors (Lipinski definition) is 1. The summed E-state index contributed by atoms with van der Waals surface area (Å²) in [6.45, 7) is 1.73. The number of aromatic nitrogens is 2. The molecule has 0 saturated carbocycles. The minimum atomic E-state index is -3.64. The van der Waals surface area contributed by atoms with Crippen molar-refractivity contribution >= 4 is 37.9 Å². The molecule has 2 aromatic heterocycles. The minimum Gasteiger partial charge on any atom is -0.321 e. The molecule has 0 fully saturated rings. The van der Waals surface area contributed by atoms with Gasteiger partial charge in [-0.15, -0.1) is 11.3 Å². The summed E-state index contributed by atoms with van der Waals surface area (Å²) >= 11 is 1.28. The van der Waals surface area contributed by atoms with Gasteiger partial charge < -0.3 is 5.32 Å². The summed E-state index contributed by atoms with van der Waals surface area (Å²) in [6.07, 6.45) is 2.76. The smallest absolute Gasteiger partial charge is 0.271 e. The molecule has 26 heavy (non-hydrogen) atoms. The van der Waals surface area contributed by atoms with E-state index in [4.69, 9.17) is 0 Å². The van der Waals surface area contributed by atoms with Crippen molar-refractivity contribution in [3.8, 4) is 0 Å². The van der Waals surface area contributed by atoms with Gasteiger partial charge in [-0.3, -0.25) is 14.0 Å². The number of thiazole rings is 1. The molecule has 3 rings (SSSR count). The quantitative estimate of drug-likeness (QED) is 0.726. The van der Waals surface area contributed by atoms with Crippen LogP contribution in [0, 0.1) is 6.92 Å². The average molecular weight is 392 g/mol. The van der Waals surface area contributed by atoms with Crippen molar-refractivity contribution in [3.05, 3.63) is 57.5 Å². The fourth-order valence-electron chi connectivity index (χ4n) is 2.28. The van der Waals surface area contributed by atoms with Gasteiger partial charge in [0.1, 0.15) is 5.56 Å². The Balaban J connectivity index is 1.99. The predicted octanol–water partition coefficient (Wildman–Crippen LogP) is 1.57. The number of aryl methyl sites for hydroxylation is 1. The third-order valence-corrected chi connectivity index (χ3v) is 6.41. The van der Waals surface area contributed by atoms with Crippen molar-refractivity contribution in [1.29, 1.82) is 0 Å². The summed E-state index contributed by atoms with van der Waals surface area (Å²) in [7, 11) is -0.787. The van der Waals surface area contributed by atoms with E-state index in [0.717, 1.165) is 4.31 Å². The fourth-order valence-corrected chi connectivity index (χ4v) is 3.88. The highest BCUT2D eigenvalue weighted by Crippen LogP contribution is 2.22. The molecule has 0 saturated heterocycles. The van der Waals surface area contributed by atoms with Gasteiger partial charge in [-0.25, -0.2) is 17.7 Å². The van der Waals surface area contributed by atoms with Gasteiger partial charge in [0.2, 0.25) is 10.0 Å². The maximum atomic E-state index is 12.5. The maximum absolute atomic E-state index is 12.5. The third kappa shape index (κ3) is 3.14. The van der Waals surface area contributed by atoms with Crippen LogP contribution < -0.4 is 10.9 Å². The Morgan fingerprint density at radius 1 is 1.31 bits per heavy atom. The Kier molecular flexibility index (Phi) is 4.65. The first-order valence-electron chi connectivity index (χ1n) is 7.51. The molecule has 2 heterocycles. The topological polar surface area (TPSA) is 101 Å². The van der Waals surface area contributed by atoms with Crippen molar-refractivity contribution in [2.75, 3.05) is 19.4 Å². The number of benzene rings is 1. The number of anilines is 1. The summed E-state index contributed by atoms with van der Waals surface area (Å²) < 4.78 is 26.9. The van der Waals surface area contributed by atoms with Crippen LogP contribution in [0.5, 0.6) is 0 Å². The molecule has 8 nitrogen and oxygen atoms in total. The van der Waals surface area contributed by atoms with Crippen LogP contribution >= 0.6 is 11.3 Å². The van der Waals surface area contributed by atoms with Gasteiger partial charge in [-0.05, 0) is 24.6 Å². The minimum absolute atomic E-state index is 0.0477. The zero-order valence-electron chi connectivity index (χ0n) is 14.3. The van der Waals surface area contributed by atoms with Gasteiger partial charge in [0.25, 0.3) is 11.5 Å². The van der Waals surface area contributed by atoms with Crippen LogP contribution in [0.15, 0.2) is 45.7 Å². The molecule has 3 aromatic rings. The normalized spacial score (nSPS) is 11.8. The molecule has 0 radical (unpaired) electrons. The van der Waals surface area contributed by atoms with Gasteiger partial charge in [-0.2, -0.15) is 0 Å². The van der Waals surface area contributed by atoms with Crippen LogP contribution in [0.25, 0.3) is 4.96 Å². The molecule has 0 bridgehead atoms. The lowest BCUT2D eigenvalue weighted by molar-refractivity contribution is 0.102. The SMILES string of the molecule is Cc1ccc(S(=O)(=O)N(C)C)cc1NC(=O)c1cnc2sccn2c1=O. The van der Waals surface area contributed by atoms with E-state index in [1.54, 1.807) is 24.6 Å². The van der Waals surface area contributed by atoms with Crippen molar-refractivity contribution < 1.29 is 13.2 Å². The van der Waals surface area contributed by atoms with Gasteiger partial charge in [-0.1, -0.05) is 6.07 Å². The number of sulfonamides is 1. The summed E-state index contributed by atoms with van der Waals surface area (Å²) in [5, 5.41) is 4.30. The third-order valence-electron chi connectivity index (χ3n) is 3.82. The molecule has 1 amide bonds. The van der Waals surface area contributed by atoms with Crippen molar-refractivity contribution in [2.24, 2.45) is 0 Å². The van der Waals surface area contributed by atoms with Crippen molar-refractivity contribution in [2.45, 2.75) is 11.8 Å². The number of rotatable bonds is 4. The highest BCUT2D eigenvalue weighted by atomic mass is 32.2. The number of nitrogens with one attached hydrogen (secondary N) is 1. The Bertz CT molecular complexity index is 1160. The molecule has 136 valence electrons. The van der Waals surface area contributed by atoms with E-state index in [1.807, 2.05) is 0 Å². The van der Waals surface area contributed by atoms with Crippen LogP contribution in [0.3, 0.4) is 0 Å². The van der Waals surface area contributed by atoms with Crippen LogP contribution in [0.2, 0.25) is 0 Å². The molecule has 10 heteroatoms. The lowest BCUT2D eigenvalue weighted by Gasteiger charge is -2.14. The summed E-state index contributed by atoms with van der Waals surface area (Å²) in [5.74, 6) is -0.648. The first-order chi connectivity index (χ1) is 12.2. The maximum Gasteiger partial charge on any atom is 0.271 e. The number of fused-ring (bicyclic) bond motifs is 1. The molecule has 0 aliphatic carbocycles. The van der Waals surface area contributed by atoms with E-state index < -0.39 is 21.5 Å². The van der Waals surface area contributed by atoms with Gasteiger partial charge in [0, 0.05) is 37.6 Å². The summed E-state index contributed by atoms with van der Waals surface area (Å²) in [5.41, 5.74) is 0.373. The van der Waals surface area contributed by atoms with Crippen molar-refractivity contribution in [1.82, 2.24) is 13.7 Å². The zero-order valence-corrected chi connectivity index (χ0v) is 15.9. The molecule has 0 atom stereocenters. The molecular weight excluding hydrogens is 376 g/mol. The van der Waals surface area contributed by atoms with E-state index in [0.29, 0.717) is 16.2 Å². The molecular formula is C16H16N4O4S2. The second kappa shape index (κ2) is 6.63. The second-order valence-electron chi connectivity index (χ2n) is 5.75. The van der Waals surface area contributed by atoms with Gasteiger partial charge in [0.05, 0.1) is 4.90 Å². The first kappa shape index (κ1) is 18.2. The lowest BCUT2D eigenvalue weighted by Crippen LogP contribution is -2.26. The summed E-state index contributed by atoms with van der Waals surface area (Å²) in [6, 6.07) is 4.43. The van der Waals surface area contributed by atoms with E-state index in [-0.39, 0.29) is 10.5 Å². The number of hydrogen-bond acceptors (Lipinski definition) is 6. The van der Waals surface area contributed by atoms with Crippen molar-refractivity contribution in [3.63, 3.8) is 0 Å². The number of nitrogens with zero attached hydrogens (tertiary/aromatic N) is 3. The van der Waals surface area contributed by atoms with E-state index in [2.05, 4.69) is 10.3 Å². The fraction of sp³-hybridized carbons (Fsp3) is 0.188. The Labute approximate surface area is 153 Å². The highest BCUT2D eigenvalue weighted by Gasteiger charge is 2.20. The highest BCUT2D eigenvalue weighted by molar-refractivity contribution is 7.89. The van der Waals surface area contributed by atoms with E-state index >= 15 is 0 Å². The number of amides is 1. The van der Waals surface area contributed by atoms with Crippen LogP contribution in [0.1, 0.15) is 15.9 Å². The monoisotopic (exact) mass is 392 g/mol. The Morgan fingerprint density at radius 2 is 2.04 bits per heavy atom. The molecule has 0 aliphatic heterocycles. The first-order valence-corrected chi connectivity index (χ1v) is 9.83. The molecule has 0 aliphatic rings. The lowest BCUT2D eigenvalue weighted by atomic mass is 10.2. The number of carbonyl (C=O) groups excluding carboxylic acids is 1. The van der Waals surface area contributed by atoms with Crippen LogP contribution in [0.4, 0.5) is 5.69 Å². The second-order valence-corrected chi connectivity index (χ2v) is 8.78. The zero-order chi connectivity index (χ0) is 19.1. The predicted molar refractivity (Wildman–Crippen MR) is 99.3 cm³/mol. The molecule has 0 spiro atoms. The van der Waals surface area contributed by atoms with Gasteiger partial charge >= 0.3 is 0 Å². The van der Waals surface area contributed by atoms with E-state index in [9.17, 15) is 18.0 Å². The van der Waals surface area contributed by atoms with Crippen LogP contribution in [-0.4, -0.2) is 42.1 Å². The Hall–Kier alpha value is -2.56. The molecule has 1 N–H and O–H groups in total. The molecule has 0 unspecified atom stereocenters. The molecule has 1 aromatic carbocycles. The standard InChI is InChI=1S/C16H16N4O4S2/c1-10-4-5-11(26(23,24)19(2)3)8-13(10)18-14(21)12-9-17-16-20(15(12)22)6-7-25-16/h4-9H,1-3H3,(H,18,21). The number of carbonyl (C=O) groups is 1. The van der Waals surface area contributed by atoms with Crippen LogP contribution in [-0.2, 0) is 10.0 Å². The van der Waals surface area contributed by atoms with Gasteiger partial charge in [0.15, 0.2) is 4.96 Å².